The van der Waals surface area contributed by atoms with Crippen molar-refractivity contribution in [2.24, 2.45) is 0 Å². The summed E-state index contributed by atoms with van der Waals surface area (Å²) in [6.07, 6.45) is 1.81. The molecule has 1 N–H and O–H groups in total. The molecule has 0 aliphatic carbocycles. The molecular weight excluding hydrogens is 531 g/mol. The van der Waals surface area contributed by atoms with Gasteiger partial charge in [-0.3, -0.25) is 0 Å². The van der Waals surface area contributed by atoms with E-state index in [1.807, 2.05) is 30.3 Å². The van der Waals surface area contributed by atoms with Gasteiger partial charge in [0.25, 0.3) is 0 Å². The summed E-state index contributed by atoms with van der Waals surface area (Å²) in [5.41, 5.74) is 2.52. The molecule has 0 amide bonds. The fraction of sp³-hybridized carbons (Fsp3) is 0.294. The lowest BCUT2D eigenvalue weighted by molar-refractivity contribution is 0.299. The Labute approximate surface area is 173 Å². The van der Waals surface area contributed by atoms with Crippen molar-refractivity contribution >= 4 is 71.0 Å². The Bertz CT molecular complexity index is 491. The van der Waals surface area contributed by atoms with Crippen molar-refractivity contribution in [1.82, 2.24) is 0 Å². The standard InChI is InChI=1S/C8H8Br2.C8H9BrO.CH2Cl2/c9-6-5-7-3-1-2-4-8(7)10;9-8-4-2-1-3-7(8)5-6-10;2-1-3/h1-4H,5-6H2;1-4,10H,5-6H2;1H2. The molecule has 1 nitrogen and oxygen atoms in total. The van der Waals surface area contributed by atoms with Crippen molar-refractivity contribution < 1.29 is 5.11 Å². The van der Waals surface area contributed by atoms with Gasteiger partial charge in [-0.1, -0.05) is 84.2 Å². The van der Waals surface area contributed by atoms with Crippen LogP contribution in [0.1, 0.15) is 11.1 Å². The Morgan fingerprint density at radius 1 is 0.783 bits per heavy atom. The first-order valence-corrected chi connectivity index (χ1v) is 10.6. The highest BCUT2D eigenvalue weighted by atomic mass is 79.9. The molecule has 2 aromatic carbocycles. The van der Waals surface area contributed by atoms with Crippen LogP contribution in [0, 0.1) is 0 Å². The lowest BCUT2D eigenvalue weighted by atomic mass is 10.2. The molecule has 2 rings (SSSR count). The molecule has 0 radical (unpaired) electrons. The molecule has 0 spiro atoms. The molecule has 2 aromatic rings. The molecule has 0 saturated carbocycles. The molecule has 0 fully saturated rings. The van der Waals surface area contributed by atoms with Crippen molar-refractivity contribution in [3.05, 3.63) is 68.6 Å². The lowest BCUT2D eigenvalue weighted by Crippen LogP contribution is -1.90. The summed E-state index contributed by atoms with van der Waals surface area (Å²) in [5.74, 6) is 0. The first kappa shape index (κ1) is 23.4. The molecule has 0 aliphatic rings. The van der Waals surface area contributed by atoms with E-state index >= 15 is 0 Å². The molecule has 0 atom stereocenters. The third-order valence-electron chi connectivity index (χ3n) is 2.66. The van der Waals surface area contributed by atoms with Gasteiger partial charge in [0.05, 0.1) is 5.34 Å². The number of aryl methyl sites for hydroxylation is 1. The maximum Gasteiger partial charge on any atom is 0.0967 e. The zero-order valence-electron chi connectivity index (χ0n) is 12.5. The summed E-state index contributed by atoms with van der Waals surface area (Å²) in [5, 5.41) is 9.84. The van der Waals surface area contributed by atoms with E-state index in [-0.39, 0.29) is 11.9 Å². The van der Waals surface area contributed by atoms with Gasteiger partial charge in [-0.15, -0.1) is 23.2 Å². The number of hydrogen-bond donors (Lipinski definition) is 1. The Hall–Kier alpha value is 0.420. The second-order valence-corrected chi connectivity index (χ2v) is 7.51. The number of aliphatic hydroxyl groups excluding tert-OH is 1. The van der Waals surface area contributed by atoms with E-state index in [9.17, 15) is 0 Å². The van der Waals surface area contributed by atoms with Crippen LogP contribution in [0.2, 0.25) is 0 Å². The SMILES string of the molecule is BrCCc1ccccc1Br.ClCCl.OCCc1ccccc1Br. The summed E-state index contributed by atoms with van der Waals surface area (Å²) in [4.78, 5) is 0. The quantitative estimate of drug-likeness (QED) is 0.416. The van der Waals surface area contributed by atoms with Gasteiger partial charge in [-0.2, -0.15) is 0 Å². The van der Waals surface area contributed by atoms with Crippen LogP contribution >= 0.6 is 71.0 Å². The van der Waals surface area contributed by atoms with Gasteiger partial charge in [-0.05, 0) is 36.1 Å². The van der Waals surface area contributed by atoms with E-state index in [4.69, 9.17) is 28.3 Å². The molecule has 6 heteroatoms. The van der Waals surface area contributed by atoms with E-state index in [0.29, 0.717) is 0 Å². The molecule has 0 saturated heterocycles. The second-order valence-electron chi connectivity index (χ2n) is 4.20. The van der Waals surface area contributed by atoms with E-state index in [1.165, 1.54) is 10.0 Å². The van der Waals surface area contributed by atoms with Gasteiger partial charge in [0.2, 0.25) is 0 Å². The maximum absolute atomic E-state index is 8.62. The van der Waals surface area contributed by atoms with Crippen molar-refractivity contribution in [1.29, 1.82) is 0 Å². The molecule has 128 valence electrons. The zero-order valence-corrected chi connectivity index (χ0v) is 18.8. The first-order chi connectivity index (χ1) is 11.1. The average molecular weight is 550 g/mol. The Morgan fingerprint density at radius 2 is 1.17 bits per heavy atom. The summed E-state index contributed by atoms with van der Waals surface area (Å²) >= 11 is 19.8. The number of alkyl halides is 3. The van der Waals surface area contributed by atoms with E-state index in [0.717, 1.165) is 28.2 Å². The van der Waals surface area contributed by atoms with E-state index in [2.05, 4.69) is 66.0 Å². The van der Waals surface area contributed by atoms with Crippen LogP contribution in [0.15, 0.2) is 57.5 Å². The molecule has 0 unspecified atom stereocenters. The Balaban J connectivity index is 0.000000360. The van der Waals surface area contributed by atoms with E-state index < -0.39 is 0 Å². The van der Waals surface area contributed by atoms with E-state index in [1.54, 1.807) is 0 Å². The minimum Gasteiger partial charge on any atom is -0.396 e. The first-order valence-electron chi connectivity index (χ1n) is 6.86. The topological polar surface area (TPSA) is 20.2 Å². The minimum atomic E-state index is 0.194. The minimum absolute atomic E-state index is 0.194. The lowest BCUT2D eigenvalue weighted by Gasteiger charge is -1.99. The molecule has 0 bridgehead atoms. The number of aliphatic hydroxyl groups is 1. The summed E-state index contributed by atoms with van der Waals surface area (Å²) in [6, 6.07) is 16.2. The molecule has 23 heavy (non-hydrogen) atoms. The largest absolute Gasteiger partial charge is 0.396 e. The van der Waals surface area contributed by atoms with Gasteiger partial charge in [-0.25, -0.2) is 0 Å². The maximum atomic E-state index is 8.62. The van der Waals surface area contributed by atoms with Gasteiger partial charge >= 0.3 is 0 Å². The van der Waals surface area contributed by atoms with Crippen molar-refractivity contribution in [2.75, 3.05) is 17.3 Å². The second kappa shape index (κ2) is 15.9. The molecule has 0 heterocycles. The highest BCUT2D eigenvalue weighted by Gasteiger charge is 1.95. The summed E-state index contributed by atoms with van der Waals surface area (Å²) in [6.45, 7) is 0.211. The fourth-order valence-electron chi connectivity index (χ4n) is 1.62. The van der Waals surface area contributed by atoms with Crippen LogP contribution in [0.4, 0.5) is 0 Å². The Morgan fingerprint density at radius 3 is 1.52 bits per heavy atom. The third kappa shape index (κ3) is 11.6. The fourth-order valence-corrected chi connectivity index (χ4v) is 3.02. The Kier molecular flexibility index (Phi) is 16.2. The monoisotopic (exact) mass is 546 g/mol. The predicted molar refractivity (Wildman–Crippen MR) is 113 cm³/mol. The number of hydrogen-bond acceptors (Lipinski definition) is 1. The van der Waals surface area contributed by atoms with Gasteiger partial charge < -0.3 is 5.11 Å². The predicted octanol–water partition coefficient (Wildman–Crippen LogP) is 6.79. The summed E-state index contributed by atoms with van der Waals surface area (Å²) in [7, 11) is 0. The van der Waals surface area contributed by atoms with Crippen LogP contribution < -0.4 is 0 Å². The van der Waals surface area contributed by atoms with Crippen molar-refractivity contribution in [3.8, 4) is 0 Å². The van der Waals surface area contributed by atoms with Crippen LogP contribution in [-0.4, -0.2) is 22.4 Å². The molecule has 0 aromatic heterocycles. The van der Waals surface area contributed by atoms with Crippen molar-refractivity contribution in [2.45, 2.75) is 12.8 Å². The third-order valence-corrected chi connectivity index (χ3v) is 4.60. The normalized spacial score (nSPS) is 9.30. The van der Waals surface area contributed by atoms with Gasteiger partial charge in [0.15, 0.2) is 0 Å². The van der Waals surface area contributed by atoms with Crippen LogP contribution in [0.3, 0.4) is 0 Å². The number of halogens is 5. The average Bonchev–Trinajstić information content (AvgIpc) is 2.54. The van der Waals surface area contributed by atoms with Gasteiger partial charge in [0.1, 0.15) is 0 Å². The van der Waals surface area contributed by atoms with Crippen LogP contribution in [0.25, 0.3) is 0 Å². The molecule has 0 aliphatic heterocycles. The number of benzene rings is 2. The smallest absolute Gasteiger partial charge is 0.0967 e. The summed E-state index contributed by atoms with van der Waals surface area (Å²) < 4.78 is 2.28. The molecular formula is C17H19Br3Cl2O. The van der Waals surface area contributed by atoms with Crippen molar-refractivity contribution in [3.63, 3.8) is 0 Å². The highest BCUT2D eigenvalue weighted by Crippen LogP contribution is 2.16. The van der Waals surface area contributed by atoms with Crippen LogP contribution in [0.5, 0.6) is 0 Å². The van der Waals surface area contributed by atoms with Crippen LogP contribution in [-0.2, 0) is 12.8 Å². The highest BCUT2D eigenvalue weighted by molar-refractivity contribution is 9.11. The van der Waals surface area contributed by atoms with Gasteiger partial charge in [0, 0.05) is 20.9 Å². The number of rotatable bonds is 4. The zero-order chi connectivity index (χ0) is 17.5.